The number of carbonyl (C=O) groups excluding carboxylic acids is 2. The second-order valence-corrected chi connectivity index (χ2v) is 18.9. The molecule has 10 rings (SSSR count). The normalized spacial score (nSPS) is 20.6. The summed E-state index contributed by atoms with van der Waals surface area (Å²) in [6, 6.07) is 16.0. The lowest BCUT2D eigenvalue weighted by Gasteiger charge is -2.26. The van der Waals surface area contributed by atoms with E-state index >= 15 is 0 Å². The Bertz CT molecular complexity index is 1860. The largest absolute Gasteiger partial charge is 0.381 e. The predicted octanol–water partition coefficient (Wildman–Crippen LogP) is 11.1. The van der Waals surface area contributed by atoms with Gasteiger partial charge in [-0.25, -0.2) is 0 Å². The molecule has 6 fully saturated rings. The fourth-order valence-corrected chi connectivity index (χ4v) is 9.80. The lowest BCUT2D eigenvalue weighted by Crippen LogP contribution is -2.31. The van der Waals surface area contributed by atoms with Crippen molar-refractivity contribution in [2.75, 3.05) is 65.8 Å². The predicted molar refractivity (Wildman–Crippen MR) is 287 cm³/mol. The van der Waals surface area contributed by atoms with Crippen LogP contribution in [0.25, 0.3) is 0 Å². The highest BCUT2D eigenvalue weighted by Gasteiger charge is 2.30. The Morgan fingerprint density at radius 3 is 1.59 bits per heavy atom. The molecule has 0 amide bonds. The first-order valence-electron chi connectivity index (χ1n) is 25.0. The van der Waals surface area contributed by atoms with E-state index in [1.165, 1.54) is 88.5 Å². The number of pyridine rings is 4. The zero-order valence-corrected chi connectivity index (χ0v) is 41.4. The van der Waals surface area contributed by atoms with Crippen molar-refractivity contribution in [3.8, 4) is 0 Å². The maximum atomic E-state index is 11.8. The number of ketones is 2. The molecule has 389 valence electrons. The fourth-order valence-electron chi connectivity index (χ4n) is 9.80. The third-order valence-electron chi connectivity index (χ3n) is 13.9. The van der Waals surface area contributed by atoms with E-state index in [9.17, 15) is 9.59 Å². The molecule has 2 bridgehead atoms. The summed E-state index contributed by atoms with van der Waals surface area (Å²) in [6.45, 7) is 15.6. The van der Waals surface area contributed by atoms with Crippen molar-refractivity contribution < 1.29 is 29.9 Å². The molecular formula is C57H91BFN6O5. The number of hydrogen-bond donors (Lipinski definition) is 1. The quantitative estimate of drug-likeness (QED) is 0.136. The second kappa shape index (κ2) is 37.5. The zero-order chi connectivity index (χ0) is 46.6. The summed E-state index contributed by atoms with van der Waals surface area (Å²) >= 11 is 0. The Balaban J connectivity index is 0.000000866. The maximum Gasteiger partial charge on any atom is 0.137 e. The smallest absolute Gasteiger partial charge is 0.137 e. The van der Waals surface area contributed by atoms with E-state index in [1.54, 1.807) is 32.4 Å². The Morgan fingerprint density at radius 2 is 1.16 bits per heavy atom. The first-order chi connectivity index (χ1) is 32.3. The number of nitrogens with two attached hydrogens (primary N) is 1. The van der Waals surface area contributed by atoms with Gasteiger partial charge in [0.15, 0.2) is 0 Å². The molecular weight excluding hydrogens is 878 g/mol. The molecule has 4 aromatic rings. The Kier molecular flexibility index (Phi) is 34.2. The van der Waals surface area contributed by atoms with Crippen LogP contribution in [0.2, 0.25) is 0 Å². The van der Waals surface area contributed by atoms with Gasteiger partial charge in [0, 0.05) is 118 Å². The van der Waals surface area contributed by atoms with Crippen LogP contribution in [0.5, 0.6) is 0 Å². The van der Waals surface area contributed by atoms with Crippen molar-refractivity contribution in [2.45, 2.75) is 137 Å². The first-order valence-corrected chi connectivity index (χ1v) is 25.0. The number of halogens is 1. The molecule has 3 unspecified atom stereocenters. The molecule has 0 aliphatic carbocycles. The molecule has 11 nitrogen and oxygen atoms in total. The van der Waals surface area contributed by atoms with Crippen LogP contribution in [0.3, 0.4) is 0 Å². The van der Waals surface area contributed by atoms with Crippen LogP contribution in [0, 0.1) is 23.7 Å². The molecule has 6 saturated heterocycles. The van der Waals surface area contributed by atoms with E-state index in [0.717, 1.165) is 93.7 Å². The van der Waals surface area contributed by atoms with Gasteiger partial charge in [0.05, 0.1) is 0 Å². The molecule has 0 saturated carbocycles. The van der Waals surface area contributed by atoms with Crippen molar-refractivity contribution in [1.29, 1.82) is 0 Å². The van der Waals surface area contributed by atoms with Crippen LogP contribution >= 0.6 is 0 Å². The van der Waals surface area contributed by atoms with Crippen LogP contribution in [0.1, 0.15) is 154 Å². The summed E-state index contributed by atoms with van der Waals surface area (Å²) in [6.07, 6.45) is 29.9. The first kappa shape index (κ1) is 63.8. The lowest BCUT2D eigenvalue weighted by molar-refractivity contribution is -0.119. The number of nitrogens with zero attached hydrogens (tertiary/aromatic N) is 5. The highest BCUT2D eigenvalue weighted by molar-refractivity contribution is 5.83. The minimum Gasteiger partial charge on any atom is -0.381 e. The van der Waals surface area contributed by atoms with Gasteiger partial charge in [0.1, 0.15) is 11.6 Å². The number of ether oxygens (including phenoxy) is 3. The molecule has 6 aliphatic rings. The zero-order valence-electron chi connectivity index (χ0n) is 41.4. The van der Waals surface area contributed by atoms with Gasteiger partial charge in [0.25, 0.3) is 0 Å². The van der Waals surface area contributed by atoms with Gasteiger partial charge in [-0.2, -0.15) is 0 Å². The fraction of sp³-hybridized carbons (Fsp3) is 0.614. The van der Waals surface area contributed by atoms with E-state index in [-0.39, 0.29) is 46.9 Å². The number of Topliss-reactive ketones (excluding diaryl/α,β-unsaturated/α-hetero) is 2. The molecule has 10 heterocycles. The summed E-state index contributed by atoms with van der Waals surface area (Å²) < 4.78 is 15.9. The van der Waals surface area contributed by atoms with Gasteiger partial charge in [-0.3, -0.25) is 34.2 Å². The molecule has 13 heteroatoms. The average molecular weight is 970 g/mol. The van der Waals surface area contributed by atoms with Crippen molar-refractivity contribution in [3.63, 3.8) is 0 Å². The number of aromatic nitrogens is 4. The van der Waals surface area contributed by atoms with Crippen molar-refractivity contribution in [1.82, 2.24) is 24.8 Å². The summed E-state index contributed by atoms with van der Waals surface area (Å²) in [5, 5.41) is 0. The van der Waals surface area contributed by atoms with E-state index in [4.69, 9.17) is 19.9 Å². The van der Waals surface area contributed by atoms with Gasteiger partial charge in [-0.05, 0) is 186 Å². The Labute approximate surface area is 425 Å². The van der Waals surface area contributed by atoms with Gasteiger partial charge in [-0.15, -0.1) is 0 Å². The molecule has 3 radical (unpaired) electrons. The van der Waals surface area contributed by atoms with E-state index in [2.05, 4.69) is 56.2 Å². The third kappa shape index (κ3) is 24.2. The number of carbonyl (C=O) groups is 2. The molecule has 70 heavy (non-hydrogen) atoms. The minimum absolute atomic E-state index is 0. The summed E-state index contributed by atoms with van der Waals surface area (Å²) in [4.78, 5) is 41.4. The number of hydrogen-bond acceptors (Lipinski definition) is 11. The van der Waals surface area contributed by atoms with Crippen LogP contribution in [0.15, 0.2) is 98.1 Å². The van der Waals surface area contributed by atoms with Crippen LogP contribution in [0.4, 0.5) is 4.70 Å². The van der Waals surface area contributed by atoms with Crippen molar-refractivity contribution in [3.05, 3.63) is 120 Å². The van der Waals surface area contributed by atoms with Gasteiger partial charge in [0.2, 0.25) is 0 Å². The van der Waals surface area contributed by atoms with Gasteiger partial charge >= 0.3 is 0 Å². The molecule has 6 aliphatic heterocycles. The monoisotopic (exact) mass is 970 g/mol. The van der Waals surface area contributed by atoms with Crippen molar-refractivity contribution in [2.24, 2.45) is 29.4 Å². The average Bonchev–Trinajstić information content (AvgIpc) is 3.72. The number of piperidine rings is 1. The number of rotatable bonds is 12. The minimum atomic E-state index is 0. The van der Waals surface area contributed by atoms with E-state index in [1.807, 2.05) is 55.1 Å². The van der Waals surface area contributed by atoms with Crippen molar-refractivity contribution >= 4 is 20.0 Å². The van der Waals surface area contributed by atoms with Gasteiger partial charge < -0.3 is 24.8 Å². The third-order valence-corrected chi connectivity index (χ3v) is 13.9. The molecule has 4 aromatic heterocycles. The van der Waals surface area contributed by atoms with E-state index in [0.29, 0.717) is 24.8 Å². The van der Waals surface area contributed by atoms with Crippen LogP contribution < -0.4 is 5.73 Å². The van der Waals surface area contributed by atoms with E-state index < -0.39 is 0 Å². The summed E-state index contributed by atoms with van der Waals surface area (Å²) in [7, 11) is 0. The highest BCUT2D eigenvalue weighted by atomic mass is 19.0. The molecule has 0 aromatic carbocycles. The number of fused-ring (bicyclic) bond motifs is 4. The standard InChI is InChI=1S/C14H19NO2.C13H20N2O.C13H18N2.C8H9NO.C7H14O.2CH4.B.FH.H2/c1-11(16)14(13-3-2-6-15-10-13)9-12-4-7-17-8-5-12;14-9-13(12-2-1-5-15-10-12)8-11-3-6-16-7-4-11;1-2-12(9-14-5-1)13-8-11-3-6-15(10-13)7-4-11;1-7(10)5-8-3-2-4-9-6-8;1-2-7-3-5-8-6-4-7;;;;;/h2-3,6,10,12,14H,4-5,7-9H2,1H3;1-2,5,10-11,13H,3-4,6-9,14H2;1-2,5,9,11,13H,3-4,6-8,10H2;2-4,6H,5H2,1H3;7H,2-6H2,1H3;2*1H4;;2*1H. The summed E-state index contributed by atoms with van der Waals surface area (Å²) in [5.74, 6) is 4.91. The SMILES string of the molecule is C.C.CC(=O)C(CC1CCOCC1)c1cccnc1.CC(=O)Cc1cccnc1.CCC1CCOCC1.F.NCC(CC1CCOCC1)c1cccnc1.[B].[HH].c1cncc(C2CC3CCN(CC3)C2)c1. The molecule has 2 N–H and O–H groups in total. The topological polar surface area (TPSA) is 143 Å². The maximum absolute atomic E-state index is 11.8. The summed E-state index contributed by atoms with van der Waals surface area (Å²) in [5.41, 5.74) is 10.6. The van der Waals surface area contributed by atoms with Crippen LogP contribution in [-0.2, 0) is 30.2 Å². The lowest BCUT2D eigenvalue weighted by atomic mass is 9.84. The highest BCUT2D eigenvalue weighted by Crippen LogP contribution is 2.35. The Morgan fingerprint density at radius 1 is 0.671 bits per heavy atom. The van der Waals surface area contributed by atoms with Gasteiger partial charge in [-0.1, -0.05) is 52.5 Å². The second-order valence-electron chi connectivity index (χ2n) is 18.9. The van der Waals surface area contributed by atoms with Crippen LogP contribution in [-0.4, -0.2) is 111 Å². The molecule has 3 atom stereocenters. The molecule has 0 spiro atoms. The Hall–Kier alpha value is -4.27.